The molecule has 15 heavy (non-hydrogen) atoms. The normalized spacial score (nSPS) is 16.7. The van der Waals surface area contributed by atoms with Crippen molar-refractivity contribution in [2.45, 2.75) is 19.9 Å². The Kier molecular flexibility index (Phi) is 2.73. The minimum Gasteiger partial charge on any atom is -0.320 e. The summed E-state index contributed by atoms with van der Waals surface area (Å²) in [4.78, 5) is 24.0. The van der Waals surface area contributed by atoms with Crippen LogP contribution >= 0.6 is 11.3 Å². The molecule has 80 valence electrons. The zero-order valence-corrected chi connectivity index (χ0v) is 9.26. The standard InChI is InChI=1S/C10H12N2O2S/c1-7-5-15-6-8(7)4-12-3-2-9(13)11-10(12)14/h5-6H,2-4H2,1H3,(H,11,13,14). The lowest BCUT2D eigenvalue weighted by atomic mass is 10.2. The Hall–Kier alpha value is -1.36. The van der Waals surface area contributed by atoms with Crippen molar-refractivity contribution < 1.29 is 9.59 Å². The Balaban J connectivity index is 2.04. The second-order valence-corrected chi connectivity index (χ2v) is 4.35. The minimum atomic E-state index is -0.281. The number of carbonyl (C=O) groups is 2. The van der Waals surface area contributed by atoms with Gasteiger partial charge in [-0.15, -0.1) is 0 Å². The number of carbonyl (C=O) groups excluding carboxylic acids is 2. The molecule has 5 heteroatoms. The van der Waals surface area contributed by atoms with Gasteiger partial charge in [0, 0.05) is 19.5 Å². The first kappa shape index (κ1) is 10.2. The van der Waals surface area contributed by atoms with E-state index in [0.29, 0.717) is 19.5 Å². The van der Waals surface area contributed by atoms with E-state index in [2.05, 4.69) is 10.7 Å². The summed E-state index contributed by atoms with van der Waals surface area (Å²) in [6, 6.07) is -0.281. The van der Waals surface area contributed by atoms with Crippen LogP contribution in [0.5, 0.6) is 0 Å². The van der Waals surface area contributed by atoms with Gasteiger partial charge in [-0.2, -0.15) is 11.3 Å². The zero-order valence-electron chi connectivity index (χ0n) is 8.45. The van der Waals surface area contributed by atoms with Crippen LogP contribution in [0.4, 0.5) is 4.79 Å². The summed E-state index contributed by atoms with van der Waals surface area (Å²) in [6.07, 6.45) is 0.398. The molecule has 0 radical (unpaired) electrons. The van der Waals surface area contributed by atoms with Crippen molar-refractivity contribution in [2.75, 3.05) is 6.54 Å². The average Bonchev–Trinajstić information content (AvgIpc) is 2.57. The minimum absolute atomic E-state index is 0.182. The highest BCUT2D eigenvalue weighted by Gasteiger charge is 2.23. The molecule has 1 fully saturated rings. The molecule has 4 nitrogen and oxygen atoms in total. The quantitative estimate of drug-likeness (QED) is 0.827. The molecule has 0 spiro atoms. The van der Waals surface area contributed by atoms with E-state index in [1.54, 1.807) is 16.2 Å². The summed E-state index contributed by atoms with van der Waals surface area (Å²) in [6.45, 7) is 3.13. The maximum Gasteiger partial charge on any atom is 0.324 e. The van der Waals surface area contributed by atoms with Crippen molar-refractivity contribution in [3.8, 4) is 0 Å². The molecule has 3 amide bonds. The third kappa shape index (κ3) is 2.18. The number of amides is 3. The molecule has 0 saturated carbocycles. The molecule has 0 bridgehead atoms. The van der Waals surface area contributed by atoms with Crippen LogP contribution in [0.15, 0.2) is 10.8 Å². The van der Waals surface area contributed by atoms with Crippen LogP contribution in [0, 0.1) is 6.92 Å². The first-order chi connectivity index (χ1) is 7.16. The van der Waals surface area contributed by atoms with Crippen LogP contribution in [0.25, 0.3) is 0 Å². The lowest BCUT2D eigenvalue weighted by Crippen LogP contribution is -2.48. The molecule has 2 rings (SSSR count). The monoisotopic (exact) mass is 224 g/mol. The van der Waals surface area contributed by atoms with Gasteiger partial charge in [0.05, 0.1) is 0 Å². The summed E-state index contributed by atoms with van der Waals surface area (Å²) in [5.74, 6) is -0.182. The van der Waals surface area contributed by atoms with Crippen LogP contribution in [-0.4, -0.2) is 23.4 Å². The third-order valence-corrected chi connectivity index (χ3v) is 3.38. The van der Waals surface area contributed by atoms with Gasteiger partial charge in [0.15, 0.2) is 0 Å². The molecule has 2 heterocycles. The fourth-order valence-electron chi connectivity index (χ4n) is 1.50. The van der Waals surface area contributed by atoms with E-state index < -0.39 is 0 Å². The first-order valence-corrected chi connectivity index (χ1v) is 5.71. The van der Waals surface area contributed by atoms with E-state index in [4.69, 9.17) is 0 Å². The first-order valence-electron chi connectivity index (χ1n) is 4.77. The van der Waals surface area contributed by atoms with Crippen molar-refractivity contribution in [1.29, 1.82) is 0 Å². The third-order valence-electron chi connectivity index (χ3n) is 2.47. The number of aryl methyl sites for hydroxylation is 1. The van der Waals surface area contributed by atoms with Crippen LogP contribution in [0.1, 0.15) is 17.5 Å². The van der Waals surface area contributed by atoms with Crippen LogP contribution in [-0.2, 0) is 11.3 Å². The van der Waals surface area contributed by atoms with E-state index in [1.807, 2.05) is 12.3 Å². The molecule has 1 aliphatic heterocycles. The number of hydrogen-bond donors (Lipinski definition) is 1. The number of rotatable bonds is 2. The van der Waals surface area contributed by atoms with Crippen molar-refractivity contribution in [3.63, 3.8) is 0 Å². The number of imide groups is 1. The zero-order chi connectivity index (χ0) is 10.8. The average molecular weight is 224 g/mol. The SMILES string of the molecule is Cc1cscc1CN1CCC(=O)NC1=O. The molecular weight excluding hydrogens is 212 g/mol. The Bertz CT molecular complexity index is 400. The van der Waals surface area contributed by atoms with Crippen LogP contribution in [0.3, 0.4) is 0 Å². The van der Waals surface area contributed by atoms with Crippen molar-refractivity contribution >= 4 is 23.3 Å². The second kappa shape index (κ2) is 4.02. The van der Waals surface area contributed by atoms with E-state index in [9.17, 15) is 9.59 Å². The summed E-state index contributed by atoms with van der Waals surface area (Å²) < 4.78 is 0. The Labute approximate surface area is 91.9 Å². The number of thiophene rings is 1. The fourth-order valence-corrected chi connectivity index (χ4v) is 2.35. The van der Waals surface area contributed by atoms with Gasteiger partial charge in [-0.1, -0.05) is 0 Å². The molecule has 1 aromatic rings. The fraction of sp³-hybridized carbons (Fsp3) is 0.400. The van der Waals surface area contributed by atoms with Gasteiger partial charge in [-0.05, 0) is 28.8 Å². The molecule has 0 aliphatic carbocycles. The molecule has 1 aliphatic rings. The highest BCUT2D eigenvalue weighted by atomic mass is 32.1. The summed E-state index contributed by atoms with van der Waals surface area (Å²) in [5, 5.41) is 6.41. The van der Waals surface area contributed by atoms with Crippen LogP contribution in [0.2, 0.25) is 0 Å². The Morgan fingerprint density at radius 3 is 2.87 bits per heavy atom. The molecular formula is C10H12N2O2S. The molecule has 1 saturated heterocycles. The molecule has 1 aromatic heterocycles. The predicted molar refractivity (Wildman–Crippen MR) is 57.6 cm³/mol. The molecule has 0 unspecified atom stereocenters. The van der Waals surface area contributed by atoms with Gasteiger partial charge in [0.1, 0.15) is 0 Å². The Morgan fingerprint density at radius 1 is 1.47 bits per heavy atom. The summed E-state index contributed by atoms with van der Waals surface area (Å²) >= 11 is 1.63. The van der Waals surface area contributed by atoms with Crippen molar-refractivity contribution in [3.05, 3.63) is 21.9 Å². The molecule has 0 atom stereocenters. The van der Waals surface area contributed by atoms with E-state index in [-0.39, 0.29) is 11.9 Å². The van der Waals surface area contributed by atoms with E-state index in [0.717, 1.165) is 5.56 Å². The van der Waals surface area contributed by atoms with Gasteiger partial charge in [0.2, 0.25) is 5.91 Å². The van der Waals surface area contributed by atoms with Crippen molar-refractivity contribution in [1.82, 2.24) is 10.2 Å². The predicted octanol–water partition coefficient (Wildman–Crippen LogP) is 1.50. The summed E-state index contributed by atoms with van der Waals surface area (Å²) in [5.41, 5.74) is 2.36. The number of urea groups is 1. The smallest absolute Gasteiger partial charge is 0.320 e. The lowest BCUT2D eigenvalue weighted by Gasteiger charge is -2.26. The molecule has 0 aromatic carbocycles. The largest absolute Gasteiger partial charge is 0.324 e. The van der Waals surface area contributed by atoms with Crippen molar-refractivity contribution in [2.24, 2.45) is 0 Å². The maximum absolute atomic E-state index is 11.4. The van der Waals surface area contributed by atoms with Gasteiger partial charge in [0.25, 0.3) is 0 Å². The molecule has 1 N–H and O–H groups in total. The maximum atomic E-state index is 11.4. The highest BCUT2D eigenvalue weighted by molar-refractivity contribution is 7.08. The van der Waals surface area contributed by atoms with Crippen LogP contribution < -0.4 is 5.32 Å². The van der Waals surface area contributed by atoms with Gasteiger partial charge >= 0.3 is 6.03 Å². The summed E-state index contributed by atoms with van der Waals surface area (Å²) in [7, 11) is 0. The second-order valence-electron chi connectivity index (χ2n) is 3.60. The number of nitrogens with zero attached hydrogens (tertiary/aromatic N) is 1. The Morgan fingerprint density at radius 2 is 2.27 bits per heavy atom. The highest BCUT2D eigenvalue weighted by Crippen LogP contribution is 2.17. The number of hydrogen-bond acceptors (Lipinski definition) is 3. The van der Waals surface area contributed by atoms with Gasteiger partial charge < -0.3 is 4.90 Å². The van der Waals surface area contributed by atoms with Gasteiger partial charge in [-0.25, -0.2) is 4.79 Å². The van der Waals surface area contributed by atoms with E-state index >= 15 is 0 Å². The lowest BCUT2D eigenvalue weighted by molar-refractivity contribution is -0.121. The van der Waals surface area contributed by atoms with E-state index in [1.165, 1.54) is 5.56 Å². The number of nitrogens with one attached hydrogen (secondary N) is 1. The topological polar surface area (TPSA) is 49.4 Å². The van der Waals surface area contributed by atoms with Gasteiger partial charge in [-0.3, -0.25) is 10.1 Å².